The Morgan fingerprint density at radius 1 is 1.57 bits per heavy atom. The minimum absolute atomic E-state index is 0.0365. The molecule has 0 spiro atoms. The van der Waals surface area contributed by atoms with E-state index in [0.717, 1.165) is 11.3 Å². The Labute approximate surface area is 92.8 Å². The van der Waals surface area contributed by atoms with Gasteiger partial charge in [0.05, 0.1) is 8.67 Å². The first kappa shape index (κ1) is 11.7. The van der Waals surface area contributed by atoms with Gasteiger partial charge < -0.3 is 5.32 Å². The molecule has 0 fully saturated rings. The Hall–Kier alpha value is -0.390. The Bertz CT molecular complexity index is 342. The fourth-order valence-corrected chi connectivity index (χ4v) is 2.24. The van der Waals surface area contributed by atoms with Gasteiger partial charge in [-0.25, -0.2) is 0 Å². The third-order valence-corrected chi connectivity index (χ3v) is 2.95. The van der Waals surface area contributed by atoms with Crippen LogP contribution >= 0.6 is 34.5 Å². The number of carbonyl (C=O) groups excluding carboxylic acids is 1. The van der Waals surface area contributed by atoms with E-state index in [-0.39, 0.29) is 6.54 Å². The van der Waals surface area contributed by atoms with Crippen molar-refractivity contribution in [2.75, 3.05) is 0 Å². The number of alkyl halides is 2. The fourth-order valence-electron chi connectivity index (χ4n) is 0.754. The second-order valence-corrected chi connectivity index (χ2v) is 4.65. The zero-order valence-corrected chi connectivity index (χ0v) is 9.02. The van der Waals surface area contributed by atoms with Crippen molar-refractivity contribution in [3.05, 3.63) is 20.3 Å². The van der Waals surface area contributed by atoms with Gasteiger partial charge in [0.1, 0.15) is 0 Å². The van der Waals surface area contributed by atoms with Gasteiger partial charge >= 0.3 is 6.43 Å². The van der Waals surface area contributed by atoms with Crippen LogP contribution in [0.2, 0.25) is 8.67 Å². The second-order valence-electron chi connectivity index (χ2n) is 2.37. The molecule has 14 heavy (non-hydrogen) atoms. The minimum Gasteiger partial charge on any atom is -0.347 e. The van der Waals surface area contributed by atoms with Crippen LogP contribution in [0.4, 0.5) is 8.78 Å². The van der Waals surface area contributed by atoms with E-state index in [1.54, 1.807) is 0 Å². The molecule has 1 heterocycles. The summed E-state index contributed by atoms with van der Waals surface area (Å²) in [7, 11) is 0. The maximum absolute atomic E-state index is 11.8. The van der Waals surface area contributed by atoms with Gasteiger partial charge in [-0.1, -0.05) is 23.2 Å². The molecule has 0 aliphatic heterocycles. The molecule has 0 unspecified atom stereocenters. The first-order valence-electron chi connectivity index (χ1n) is 3.50. The molecule has 1 aromatic heterocycles. The maximum Gasteiger partial charge on any atom is 0.315 e. The van der Waals surface area contributed by atoms with Crippen LogP contribution in [-0.4, -0.2) is 12.3 Å². The maximum atomic E-state index is 11.8. The van der Waals surface area contributed by atoms with Crippen molar-refractivity contribution in [3.63, 3.8) is 0 Å². The van der Waals surface area contributed by atoms with Gasteiger partial charge in [0.2, 0.25) is 0 Å². The highest BCUT2D eigenvalue weighted by Crippen LogP contribution is 2.30. The van der Waals surface area contributed by atoms with Gasteiger partial charge in [-0.05, 0) is 6.07 Å². The van der Waals surface area contributed by atoms with E-state index in [2.05, 4.69) is 0 Å². The molecule has 1 amide bonds. The summed E-state index contributed by atoms with van der Waals surface area (Å²) in [6.45, 7) is -0.0365. The van der Waals surface area contributed by atoms with Crippen LogP contribution in [0.1, 0.15) is 5.56 Å². The third-order valence-electron chi connectivity index (χ3n) is 1.38. The van der Waals surface area contributed by atoms with Crippen molar-refractivity contribution in [3.8, 4) is 0 Å². The van der Waals surface area contributed by atoms with Crippen molar-refractivity contribution in [2.45, 2.75) is 13.0 Å². The van der Waals surface area contributed by atoms with Crippen molar-refractivity contribution in [1.29, 1.82) is 0 Å². The van der Waals surface area contributed by atoms with Gasteiger partial charge in [-0.15, -0.1) is 11.3 Å². The predicted molar refractivity (Wildman–Crippen MR) is 52.2 cm³/mol. The topological polar surface area (TPSA) is 29.1 Å². The van der Waals surface area contributed by atoms with Gasteiger partial charge in [0, 0.05) is 12.1 Å². The Balaban J connectivity index is 2.54. The average Bonchev–Trinajstić information content (AvgIpc) is 2.40. The van der Waals surface area contributed by atoms with Crippen LogP contribution in [-0.2, 0) is 11.3 Å². The van der Waals surface area contributed by atoms with E-state index < -0.39 is 12.3 Å². The van der Waals surface area contributed by atoms with Gasteiger partial charge in [0.15, 0.2) is 0 Å². The van der Waals surface area contributed by atoms with Crippen molar-refractivity contribution >= 4 is 40.4 Å². The van der Waals surface area contributed by atoms with Crippen molar-refractivity contribution < 1.29 is 13.6 Å². The van der Waals surface area contributed by atoms with Gasteiger partial charge in [-0.3, -0.25) is 4.79 Å². The summed E-state index contributed by atoms with van der Waals surface area (Å²) < 4.78 is 24.4. The molecule has 0 saturated carbocycles. The fraction of sp³-hybridized carbons (Fsp3) is 0.286. The smallest absolute Gasteiger partial charge is 0.315 e. The second kappa shape index (κ2) is 4.91. The lowest BCUT2D eigenvalue weighted by molar-refractivity contribution is -0.131. The molecular formula is C7H5Cl2F2NOS. The molecule has 7 heteroatoms. The Kier molecular flexibility index (Phi) is 4.10. The molecule has 0 aliphatic carbocycles. The quantitative estimate of drug-likeness (QED) is 0.889. The Morgan fingerprint density at radius 2 is 2.21 bits per heavy atom. The van der Waals surface area contributed by atoms with E-state index in [9.17, 15) is 13.6 Å². The summed E-state index contributed by atoms with van der Waals surface area (Å²) in [5.74, 6) is -1.32. The number of hydrogen-bond acceptors (Lipinski definition) is 2. The van der Waals surface area contributed by atoms with Crippen LogP contribution in [0.5, 0.6) is 0 Å². The van der Waals surface area contributed by atoms with Crippen molar-refractivity contribution in [1.82, 2.24) is 5.32 Å². The molecule has 0 bridgehead atoms. The van der Waals surface area contributed by atoms with Crippen LogP contribution in [0.3, 0.4) is 0 Å². The summed E-state index contributed by atoms with van der Waals surface area (Å²) >= 11 is 12.4. The standard InChI is InChI=1S/C7H5Cl2F2NOS/c8-4-1-3(5(9)14-4)2-12-7(13)6(10)11/h1,6H,2H2,(H,12,13). The summed E-state index contributed by atoms with van der Waals surface area (Å²) in [4.78, 5) is 10.5. The molecule has 0 aliphatic rings. The molecule has 0 atom stereocenters. The highest BCUT2D eigenvalue weighted by molar-refractivity contribution is 7.20. The summed E-state index contributed by atoms with van der Waals surface area (Å²) in [5, 5.41) is 2.03. The number of rotatable bonds is 3. The van der Waals surface area contributed by atoms with E-state index >= 15 is 0 Å². The molecule has 1 N–H and O–H groups in total. The Morgan fingerprint density at radius 3 is 2.64 bits per heavy atom. The molecule has 2 nitrogen and oxygen atoms in total. The van der Waals surface area contributed by atoms with Gasteiger partial charge in [-0.2, -0.15) is 8.78 Å². The molecule has 1 aromatic rings. The third kappa shape index (κ3) is 3.08. The number of hydrogen-bond donors (Lipinski definition) is 1. The lowest BCUT2D eigenvalue weighted by Gasteiger charge is -2.02. The first-order chi connectivity index (χ1) is 6.50. The van der Waals surface area contributed by atoms with Crippen LogP contribution < -0.4 is 5.32 Å². The number of thiophene rings is 1. The number of carbonyl (C=O) groups is 1. The highest BCUT2D eigenvalue weighted by Gasteiger charge is 2.15. The van der Waals surface area contributed by atoms with Gasteiger partial charge in [0.25, 0.3) is 5.91 Å². The molecule has 0 saturated heterocycles. The molecular weight excluding hydrogens is 255 g/mol. The largest absolute Gasteiger partial charge is 0.347 e. The monoisotopic (exact) mass is 259 g/mol. The number of nitrogens with one attached hydrogen (secondary N) is 1. The number of halogens is 4. The number of amides is 1. The first-order valence-corrected chi connectivity index (χ1v) is 5.07. The lowest BCUT2D eigenvalue weighted by atomic mass is 10.3. The average molecular weight is 260 g/mol. The van der Waals surface area contributed by atoms with Crippen LogP contribution in [0.15, 0.2) is 6.07 Å². The van der Waals surface area contributed by atoms with E-state index in [0.29, 0.717) is 14.2 Å². The SMILES string of the molecule is O=C(NCc1cc(Cl)sc1Cl)C(F)F. The summed E-state index contributed by atoms with van der Waals surface area (Å²) in [6, 6.07) is 1.53. The molecule has 1 rings (SSSR count). The molecule has 78 valence electrons. The lowest BCUT2D eigenvalue weighted by Crippen LogP contribution is -2.28. The summed E-state index contributed by atoms with van der Waals surface area (Å²) in [5.41, 5.74) is 0.538. The summed E-state index contributed by atoms with van der Waals surface area (Å²) in [6.07, 6.45) is -3.01. The van der Waals surface area contributed by atoms with E-state index in [4.69, 9.17) is 23.2 Å². The van der Waals surface area contributed by atoms with Crippen LogP contribution in [0.25, 0.3) is 0 Å². The normalized spacial score (nSPS) is 10.6. The highest BCUT2D eigenvalue weighted by atomic mass is 35.5. The zero-order chi connectivity index (χ0) is 10.7. The van der Waals surface area contributed by atoms with E-state index in [1.165, 1.54) is 6.07 Å². The zero-order valence-electron chi connectivity index (χ0n) is 6.69. The van der Waals surface area contributed by atoms with Crippen LogP contribution in [0, 0.1) is 0 Å². The molecule has 0 aromatic carbocycles. The minimum atomic E-state index is -3.01. The predicted octanol–water partition coefficient (Wildman–Crippen LogP) is 2.94. The van der Waals surface area contributed by atoms with Crippen molar-refractivity contribution in [2.24, 2.45) is 0 Å². The molecule has 0 radical (unpaired) electrons. The van der Waals surface area contributed by atoms with E-state index in [1.807, 2.05) is 5.32 Å².